The lowest BCUT2D eigenvalue weighted by Gasteiger charge is -2.43. The lowest BCUT2D eigenvalue weighted by Crippen LogP contribution is -2.48. The number of carbonyl (C=O) groups is 1. The van der Waals surface area contributed by atoms with E-state index in [1.807, 2.05) is 24.3 Å². The summed E-state index contributed by atoms with van der Waals surface area (Å²) in [4.78, 5) is 11.0. The molecule has 3 rings (SSSR count). The second-order valence-electron chi connectivity index (χ2n) is 6.26. The number of anilines is 1. The zero-order chi connectivity index (χ0) is 17.2. The highest BCUT2D eigenvalue weighted by Crippen LogP contribution is 2.43. The number of hydrogen-bond donors (Lipinski definition) is 2. The lowest BCUT2D eigenvalue weighted by molar-refractivity contribution is -0.114. The van der Waals surface area contributed by atoms with Crippen molar-refractivity contribution in [2.24, 2.45) is 0 Å². The lowest BCUT2D eigenvalue weighted by atomic mass is 9.71. The molecule has 0 spiro atoms. The molecule has 0 saturated heterocycles. The summed E-state index contributed by atoms with van der Waals surface area (Å²) < 4.78 is 28.3. The van der Waals surface area contributed by atoms with E-state index in [0.29, 0.717) is 6.54 Å². The highest BCUT2D eigenvalue weighted by molar-refractivity contribution is 5.88. The molecule has 126 valence electrons. The van der Waals surface area contributed by atoms with E-state index in [1.54, 1.807) is 0 Å². The van der Waals surface area contributed by atoms with Crippen LogP contribution in [-0.4, -0.2) is 5.91 Å². The van der Waals surface area contributed by atoms with Gasteiger partial charge < -0.3 is 10.6 Å². The third-order valence-corrected chi connectivity index (χ3v) is 4.55. The van der Waals surface area contributed by atoms with E-state index >= 15 is 0 Å². The van der Waals surface area contributed by atoms with Gasteiger partial charge in [-0.2, -0.15) is 0 Å². The topological polar surface area (TPSA) is 41.1 Å². The molecule has 1 saturated carbocycles. The third-order valence-electron chi connectivity index (χ3n) is 4.55. The van der Waals surface area contributed by atoms with E-state index in [-0.39, 0.29) is 11.5 Å². The average Bonchev–Trinajstić information content (AvgIpc) is 2.49. The number of halogens is 2. The molecule has 2 aromatic carbocycles. The summed E-state index contributed by atoms with van der Waals surface area (Å²) in [6.07, 6.45) is 2.38. The fourth-order valence-corrected chi connectivity index (χ4v) is 3.18. The van der Waals surface area contributed by atoms with Crippen molar-refractivity contribution >= 4 is 11.6 Å². The molecule has 2 aromatic rings. The number of nitrogens with one attached hydrogen (secondary N) is 2. The standard InChI is InChI=1S/C19H20F2N2O/c1-13(24)23-15-8-6-14(7-9-15)12-22-19(10-3-11-19)18-16(20)4-2-5-17(18)21/h2,4-9,22H,3,10-12H2,1H3,(H,23,24). The summed E-state index contributed by atoms with van der Waals surface area (Å²) in [7, 11) is 0. The van der Waals surface area contributed by atoms with Gasteiger partial charge in [0.1, 0.15) is 11.6 Å². The van der Waals surface area contributed by atoms with Crippen LogP contribution in [-0.2, 0) is 16.9 Å². The van der Waals surface area contributed by atoms with Crippen LogP contribution in [0.4, 0.5) is 14.5 Å². The van der Waals surface area contributed by atoms with Crippen LogP contribution < -0.4 is 10.6 Å². The molecule has 2 N–H and O–H groups in total. The fraction of sp³-hybridized carbons (Fsp3) is 0.316. The minimum absolute atomic E-state index is 0.121. The normalized spacial score (nSPS) is 15.6. The van der Waals surface area contributed by atoms with Gasteiger partial charge in [0.05, 0.1) is 0 Å². The molecule has 1 fully saturated rings. The average molecular weight is 330 g/mol. The van der Waals surface area contributed by atoms with Gasteiger partial charge in [-0.25, -0.2) is 8.78 Å². The van der Waals surface area contributed by atoms with Crippen molar-refractivity contribution < 1.29 is 13.6 Å². The third kappa shape index (κ3) is 3.31. The van der Waals surface area contributed by atoms with Gasteiger partial charge in [-0.15, -0.1) is 0 Å². The molecule has 0 atom stereocenters. The number of hydrogen-bond acceptors (Lipinski definition) is 2. The molecule has 0 aliphatic heterocycles. The second kappa shape index (κ2) is 6.69. The van der Waals surface area contributed by atoms with Crippen LogP contribution in [0, 0.1) is 11.6 Å². The Morgan fingerprint density at radius 2 is 1.71 bits per heavy atom. The largest absolute Gasteiger partial charge is 0.326 e. The Morgan fingerprint density at radius 3 is 2.21 bits per heavy atom. The van der Waals surface area contributed by atoms with E-state index < -0.39 is 17.2 Å². The first-order valence-electron chi connectivity index (χ1n) is 8.06. The fourth-order valence-electron chi connectivity index (χ4n) is 3.18. The van der Waals surface area contributed by atoms with Crippen molar-refractivity contribution in [2.45, 2.75) is 38.3 Å². The van der Waals surface area contributed by atoms with Gasteiger partial charge in [0, 0.05) is 30.3 Å². The number of rotatable bonds is 5. The van der Waals surface area contributed by atoms with E-state index in [4.69, 9.17) is 0 Å². The second-order valence-corrected chi connectivity index (χ2v) is 6.26. The molecule has 3 nitrogen and oxygen atoms in total. The van der Waals surface area contributed by atoms with E-state index in [1.165, 1.54) is 25.1 Å². The minimum Gasteiger partial charge on any atom is -0.326 e. The Balaban J connectivity index is 1.73. The predicted octanol–water partition coefficient (Wildman–Crippen LogP) is 4.09. The van der Waals surface area contributed by atoms with Crippen LogP contribution in [0.2, 0.25) is 0 Å². The summed E-state index contributed by atoms with van der Waals surface area (Å²) in [5.74, 6) is -1.12. The van der Waals surface area contributed by atoms with Crippen molar-refractivity contribution in [3.05, 3.63) is 65.2 Å². The van der Waals surface area contributed by atoms with E-state index in [2.05, 4.69) is 10.6 Å². The smallest absolute Gasteiger partial charge is 0.221 e. The summed E-state index contributed by atoms with van der Waals surface area (Å²) in [6.45, 7) is 1.97. The van der Waals surface area contributed by atoms with Crippen LogP contribution in [0.15, 0.2) is 42.5 Å². The Hall–Kier alpha value is -2.27. The first kappa shape index (κ1) is 16.6. The zero-order valence-electron chi connectivity index (χ0n) is 13.5. The Labute approximate surface area is 140 Å². The van der Waals surface area contributed by atoms with Gasteiger partial charge in [-0.05, 0) is 49.1 Å². The Kier molecular flexibility index (Phi) is 4.62. The minimum atomic E-state index is -0.633. The van der Waals surface area contributed by atoms with Gasteiger partial charge in [0.15, 0.2) is 0 Å². The van der Waals surface area contributed by atoms with Crippen LogP contribution >= 0.6 is 0 Å². The van der Waals surface area contributed by atoms with Crippen molar-refractivity contribution in [3.8, 4) is 0 Å². The quantitative estimate of drug-likeness (QED) is 0.867. The van der Waals surface area contributed by atoms with Crippen molar-refractivity contribution in [1.82, 2.24) is 5.32 Å². The zero-order valence-corrected chi connectivity index (χ0v) is 13.5. The number of carbonyl (C=O) groups excluding carboxylic acids is 1. The van der Waals surface area contributed by atoms with Crippen LogP contribution in [0.1, 0.15) is 37.3 Å². The maximum absolute atomic E-state index is 14.1. The van der Waals surface area contributed by atoms with Crippen LogP contribution in [0.5, 0.6) is 0 Å². The van der Waals surface area contributed by atoms with Gasteiger partial charge >= 0.3 is 0 Å². The molecule has 1 amide bonds. The van der Waals surface area contributed by atoms with Crippen molar-refractivity contribution in [3.63, 3.8) is 0 Å². The van der Waals surface area contributed by atoms with Gasteiger partial charge in [0.2, 0.25) is 5.91 Å². The Bertz CT molecular complexity index is 719. The van der Waals surface area contributed by atoms with Gasteiger partial charge in [-0.3, -0.25) is 4.79 Å². The monoisotopic (exact) mass is 330 g/mol. The predicted molar refractivity (Wildman–Crippen MR) is 89.5 cm³/mol. The number of amides is 1. The van der Waals surface area contributed by atoms with Crippen LogP contribution in [0.3, 0.4) is 0 Å². The molecular formula is C19H20F2N2O. The highest BCUT2D eigenvalue weighted by atomic mass is 19.1. The van der Waals surface area contributed by atoms with Crippen LogP contribution in [0.25, 0.3) is 0 Å². The molecule has 0 radical (unpaired) electrons. The van der Waals surface area contributed by atoms with E-state index in [0.717, 1.165) is 30.5 Å². The van der Waals surface area contributed by atoms with Crippen molar-refractivity contribution in [2.75, 3.05) is 5.32 Å². The number of benzene rings is 2. The molecule has 0 unspecified atom stereocenters. The SMILES string of the molecule is CC(=O)Nc1ccc(CNC2(c3c(F)cccc3F)CCC2)cc1. The molecule has 1 aliphatic carbocycles. The van der Waals surface area contributed by atoms with Crippen molar-refractivity contribution in [1.29, 1.82) is 0 Å². The highest BCUT2D eigenvalue weighted by Gasteiger charge is 2.42. The van der Waals surface area contributed by atoms with Gasteiger partial charge in [0.25, 0.3) is 0 Å². The van der Waals surface area contributed by atoms with E-state index in [9.17, 15) is 13.6 Å². The summed E-state index contributed by atoms with van der Waals surface area (Å²) in [6, 6.07) is 11.4. The molecular weight excluding hydrogens is 310 g/mol. The first-order valence-corrected chi connectivity index (χ1v) is 8.06. The molecule has 0 aromatic heterocycles. The molecule has 1 aliphatic rings. The summed E-state index contributed by atoms with van der Waals surface area (Å²) in [5.41, 5.74) is 1.23. The van der Waals surface area contributed by atoms with Gasteiger partial charge in [-0.1, -0.05) is 18.2 Å². The molecule has 0 heterocycles. The molecule has 0 bridgehead atoms. The maximum atomic E-state index is 14.1. The molecule has 5 heteroatoms. The Morgan fingerprint density at radius 1 is 1.08 bits per heavy atom. The summed E-state index contributed by atoms with van der Waals surface area (Å²) in [5, 5.41) is 6.05. The first-order chi connectivity index (χ1) is 11.5. The summed E-state index contributed by atoms with van der Waals surface area (Å²) >= 11 is 0. The maximum Gasteiger partial charge on any atom is 0.221 e. The molecule has 24 heavy (non-hydrogen) atoms.